The van der Waals surface area contributed by atoms with Crippen LogP contribution in [-0.2, 0) is 6.42 Å². The molecule has 1 fully saturated rings. The smallest absolute Gasteiger partial charge is 0.255 e. The normalized spacial score (nSPS) is 18.7. The highest BCUT2D eigenvalue weighted by molar-refractivity contribution is 7.08. The van der Waals surface area contributed by atoms with Gasteiger partial charge in [-0.1, -0.05) is 31.2 Å². The molecule has 1 N–H and O–H groups in total. The number of benzene rings is 1. The standard InChI is InChI=1S/C17H20N2OS/c1-2-13-3-5-14(6-4-13)16-11-18-8-9-19(16)17(20)15-7-10-21-12-15/h3-7,10,12,16,18H,2,8-9,11H2,1H3. The van der Waals surface area contributed by atoms with Crippen molar-refractivity contribution in [3.63, 3.8) is 0 Å². The van der Waals surface area contributed by atoms with E-state index in [0.29, 0.717) is 0 Å². The minimum atomic E-state index is 0.122. The van der Waals surface area contributed by atoms with Crippen LogP contribution in [0.2, 0.25) is 0 Å². The predicted octanol–water partition coefficient (Wildman–Crippen LogP) is 3.10. The van der Waals surface area contributed by atoms with Gasteiger partial charge >= 0.3 is 0 Å². The Kier molecular flexibility index (Phi) is 4.36. The largest absolute Gasteiger partial charge is 0.329 e. The Morgan fingerprint density at radius 1 is 1.33 bits per heavy atom. The van der Waals surface area contributed by atoms with Crippen molar-refractivity contribution in [1.29, 1.82) is 0 Å². The zero-order valence-corrected chi connectivity index (χ0v) is 13.0. The average Bonchev–Trinajstić information content (AvgIpc) is 3.09. The third-order valence-corrected chi connectivity index (χ3v) is 4.73. The molecule has 1 aromatic heterocycles. The quantitative estimate of drug-likeness (QED) is 0.944. The van der Waals surface area contributed by atoms with Crippen LogP contribution in [0.4, 0.5) is 0 Å². The molecule has 2 aromatic rings. The summed E-state index contributed by atoms with van der Waals surface area (Å²) in [6, 6.07) is 10.7. The predicted molar refractivity (Wildman–Crippen MR) is 86.8 cm³/mol. The third-order valence-electron chi connectivity index (χ3n) is 4.05. The fraction of sp³-hybridized carbons (Fsp3) is 0.353. The lowest BCUT2D eigenvalue weighted by atomic mass is 10.0. The summed E-state index contributed by atoms with van der Waals surface area (Å²) in [4.78, 5) is 14.7. The first-order chi connectivity index (χ1) is 10.3. The lowest BCUT2D eigenvalue weighted by molar-refractivity contribution is 0.0635. The van der Waals surface area contributed by atoms with Gasteiger partial charge < -0.3 is 10.2 Å². The highest BCUT2D eigenvalue weighted by Gasteiger charge is 2.28. The Morgan fingerprint density at radius 3 is 2.81 bits per heavy atom. The van der Waals surface area contributed by atoms with Crippen LogP contribution in [0, 0.1) is 0 Å². The highest BCUT2D eigenvalue weighted by atomic mass is 32.1. The Morgan fingerprint density at radius 2 is 2.14 bits per heavy atom. The van der Waals surface area contributed by atoms with E-state index in [0.717, 1.165) is 31.6 Å². The summed E-state index contributed by atoms with van der Waals surface area (Å²) in [5, 5.41) is 7.29. The molecule has 2 heterocycles. The van der Waals surface area contributed by atoms with Gasteiger partial charge in [0.1, 0.15) is 0 Å². The topological polar surface area (TPSA) is 32.3 Å². The third kappa shape index (κ3) is 3.01. The molecule has 1 aromatic carbocycles. The average molecular weight is 300 g/mol. The maximum absolute atomic E-state index is 12.7. The van der Waals surface area contributed by atoms with Gasteiger partial charge in [-0.15, -0.1) is 0 Å². The Labute approximate surface area is 129 Å². The summed E-state index contributed by atoms with van der Waals surface area (Å²) in [5.41, 5.74) is 3.35. The van der Waals surface area contributed by atoms with Gasteiger partial charge in [-0.25, -0.2) is 0 Å². The summed E-state index contributed by atoms with van der Waals surface area (Å²) < 4.78 is 0. The van der Waals surface area contributed by atoms with Crippen molar-refractivity contribution < 1.29 is 4.79 Å². The van der Waals surface area contributed by atoms with Gasteiger partial charge in [-0.05, 0) is 29.0 Å². The molecule has 1 aliphatic heterocycles. The molecular weight excluding hydrogens is 280 g/mol. The maximum atomic E-state index is 12.7. The first kappa shape index (κ1) is 14.3. The molecule has 0 spiro atoms. The van der Waals surface area contributed by atoms with Crippen LogP contribution in [0.15, 0.2) is 41.1 Å². The summed E-state index contributed by atoms with van der Waals surface area (Å²) in [6.45, 7) is 4.60. The van der Waals surface area contributed by atoms with Crippen molar-refractivity contribution in [1.82, 2.24) is 10.2 Å². The number of thiophene rings is 1. The number of hydrogen-bond donors (Lipinski definition) is 1. The van der Waals surface area contributed by atoms with Crippen molar-refractivity contribution in [3.05, 3.63) is 57.8 Å². The van der Waals surface area contributed by atoms with Crippen LogP contribution in [0.5, 0.6) is 0 Å². The van der Waals surface area contributed by atoms with Crippen molar-refractivity contribution in [2.75, 3.05) is 19.6 Å². The van der Waals surface area contributed by atoms with E-state index in [1.165, 1.54) is 11.1 Å². The number of nitrogens with zero attached hydrogens (tertiary/aromatic N) is 1. The van der Waals surface area contributed by atoms with E-state index >= 15 is 0 Å². The molecule has 3 rings (SSSR count). The van der Waals surface area contributed by atoms with E-state index in [1.54, 1.807) is 11.3 Å². The zero-order valence-electron chi connectivity index (χ0n) is 12.2. The molecule has 1 aliphatic rings. The van der Waals surface area contributed by atoms with Gasteiger partial charge in [0, 0.05) is 25.0 Å². The second-order valence-corrected chi connectivity index (χ2v) is 6.11. The minimum absolute atomic E-state index is 0.122. The van der Waals surface area contributed by atoms with Crippen LogP contribution in [0.1, 0.15) is 34.5 Å². The molecule has 1 saturated heterocycles. The molecule has 110 valence electrons. The van der Waals surface area contributed by atoms with Crippen LogP contribution in [-0.4, -0.2) is 30.4 Å². The lowest BCUT2D eigenvalue weighted by Crippen LogP contribution is -2.48. The fourth-order valence-electron chi connectivity index (χ4n) is 2.77. The van der Waals surface area contributed by atoms with E-state index < -0.39 is 0 Å². The molecule has 1 amide bonds. The Hall–Kier alpha value is -1.65. The number of nitrogens with one attached hydrogen (secondary N) is 1. The SMILES string of the molecule is CCc1ccc(C2CNCCN2C(=O)c2ccsc2)cc1. The maximum Gasteiger partial charge on any atom is 0.255 e. The number of aryl methyl sites for hydroxylation is 1. The fourth-order valence-corrected chi connectivity index (χ4v) is 3.40. The van der Waals surface area contributed by atoms with E-state index in [1.807, 2.05) is 21.7 Å². The van der Waals surface area contributed by atoms with Gasteiger partial charge in [0.25, 0.3) is 5.91 Å². The number of hydrogen-bond acceptors (Lipinski definition) is 3. The van der Waals surface area contributed by atoms with Crippen molar-refractivity contribution in [3.8, 4) is 0 Å². The van der Waals surface area contributed by atoms with Gasteiger partial charge in [0.05, 0.1) is 11.6 Å². The number of amides is 1. The van der Waals surface area contributed by atoms with Crippen molar-refractivity contribution in [2.24, 2.45) is 0 Å². The number of rotatable bonds is 3. The molecular formula is C17H20N2OS. The second kappa shape index (κ2) is 6.41. The molecule has 1 atom stereocenters. The van der Waals surface area contributed by atoms with E-state index in [4.69, 9.17) is 0 Å². The van der Waals surface area contributed by atoms with Gasteiger partial charge in [0.15, 0.2) is 0 Å². The summed E-state index contributed by atoms with van der Waals surface area (Å²) in [5.74, 6) is 0.141. The number of carbonyl (C=O) groups is 1. The van der Waals surface area contributed by atoms with E-state index in [9.17, 15) is 4.79 Å². The molecule has 3 nitrogen and oxygen atoms in total. The molecule has 0 radical (unpaired) electrons. The highest BCUT2D eigenvalue weighted by Crippen LogP contribution is 2.25. The molecule has 0 saturated carbocycles. The van der Waals surface area contributed by atoms with E-state index in [-0.39, 0.29) is 11.9 Å². The van der Waals surface area contributed by atoms with Crippen LogP contribution >= 0.6 is 11.3 Å². The van der Waals surface area contributed by atoms with Crippen LogP contribution in [0.25, 0.3) is 0 Å². The second-order valence-electron chi connectivity index (χ2n) is 5.33. The number of carbonyl (C=O) groups excluding carboxylic acids is 1. The van der Waals surface area contributed by atoms with Gasteiger partial charge in [0.2, 0.25) is 0 Å². The molecule has 0 bridgehead atoms. The molecule has 21 heavy (non-hydrogen) atoms. The monoisotopic (exact) mass is 300 g/mol. The van der Waals surface area contributed by atoms with Crippen molar-refractivity contribution in [2.45, 2.75) is 19.4 Å². The van der Waals surface area contributed by atoms with Gasteiger partial charge in [-0.3, -0.25) is 4.79 Å². The Balaban J connectivity index is 1.85. The lowest BCUT2D eigenvalue weighted by Gasteiger charge is -2.36. The molecule has 0 aliphatic carbocycles. The minimum Gasteiger partial charge on any atom is -0.329 e. The summed E-state index contributed by atoms with van der Waals surface area (Å²) in [7, 11) is 0. The Bertz CT molecular complexity index is 592. The molecule has 4 heteroatoms. The first-order valence-corrected chi connectivity index (χ1v) is 8.36. The van der Waals surface area contributed by atoms with Crippen molar-refractivity contribution >= 4 is 17.2 Å². The number of piperazine rings is 1. The van der Waals surface area contributed by atoms with Crippen LogP contribution < -0.4 is 5.32 Å². The zero-order chi connectivity index (χ0) is 14.7. The van der Waals surface area contributed by atoms with Gasteiger partial charge in [-0.2, -0.15) is 11.3 Å². The van der Waals surface area contributed by atoms with Crippen LogP contribution in [0.3, 0.4) is 0 Å². The summed E-state index contributed by atoms with van der Waals surface area (Å²) >= 11 is 1.57. The molecule has 1 unspecified atom stereocenters. The van der Waals surface area contributed by atoms with E-state index in [2.05, 4.69) is 36.5 Å². The first-order valence-electron chi connectivity index (χ1n) is 7.42. The summed E-state index contributed by atoms with van der Waals surface area (Å²) in [6.07, 6.45) is 1.04.